The zero-order valence-corrected chi connectivity index (χ0v) is 25.1. The first-order valence-electron chi connectivity index (χ1n) is 12.7. The van der Waals surface area contributed by atoms with Crippen molar-refractivity contribution >= 4 is 49.8 Å². The number of carbonyl (C=O) groups excluding carboxylic acids is 1. The first kappa shape index (κ1) is 28.1. The third kappa shape index (κ3) is 6.16. The summed E-state index contributed by atoms with van der Waals surface area (Å²) in [6.45, 7) is 7.89. The summed E-state index contributed by atoms with van der Waals surface area (Å²) in [7, 11) is -3.98. The minimum absolute atomic E-state index is 0.149. The number of rotatable bonds is 7. The fourth-order valence-corrected chi connectivity index (χ4v) is 7.32. The average molecular weight is 595 g/mol. The van der Waals surface area contributed by atoms with Crippen LogP contribution >= 0.6 is 23.1 Å². The van der Waals surface area contributed by atoms with Gasteiger partial charge in [-0.2, -0.15) is 0 Å². The number of fused-ring (bicyclic) bond motifs is 1. The second-order valence-corrected chi connectivity index (χ2v) is 14.6. The van der Waals surface area contributed by atoms with E-state index in [1.165, 1.54) is 27.4 Å². The Morgan fingerprint density at radius 2 is 1.80 bits per heavy atom. The Balaban J connectivity index is 1.39. The molecule has 1 N–H and O–H groups in total. The molecular formula is C29H30N4O4S3. The molecule has 3 aromatic carbocycles. The van der Waals surface area contributed by atoms with Crippen molar-refractivity contribution in [3.05, 3.63) is 89.5 Å². The van der Waals surface area contributed by atoms with E-state index in [2.05, 4.69) is 36.3 Å². The van der Waals surface area contributed by atoms with Crippen molar-refractivity contribution in [2.45, 2.75) is 54.2 Å². The van der Waals surface area contributed by atoms with Crippen LogP contribution in [0.3, 0.4) is 0 Å². The van der Waals surface area contributed by atoms with Crippen molar-refractivity contribution in [2.75, 3.05) is 16.2 Å². The van der Waals surface area contributed by atoms with E-state index < -0.39 is 22.0 Å². The standard InChI is InChI=1S/C29H30N4O4S3/c1-19-10-13-22(14-11-19)40(35,36)33-17-25(37-24-15-12-21(16-23(24)33)29(2,3)4)26(34)30-27-31-32-28(39-27)38-18-20-8-6-5-7-9-20/h5-16,25H,17-18H2,1-4H3,(H,30,31,34)/t25-/m1/s1. The largest absolute Gasteiger partial charge is 0.476 e. The van der Waals surface area contributed by atoms with Gasteiger partial charge in [0.05, 0.1) is 17.1 Å². The molecule has 1 amide bonds. The van der Waals surface area contributed by atoms with Gasteiger partial charge in [0, 0.05) is 5.75 Å². The molecule has 0 saturated carbocycles. The van der Waals surface area contributed by atoms with E-state index in [4.69, 9.17) is 4.74 Å². The molecule has 40 heavy (non-hydrogen) atoms. The topological polar surface area (TPSA) is 101 Å². The molecule has 208 valence electrons. The van der Waals surface area contributed by atoms with Gasteiger partial charge >= 0.3 is 0 Å². The summed E-state index contributed by atoms with van der Waals surface area (Å²) in [5.41, 5.74) is 3.26. The van der Waals surface area contributed by atoms with Crippen LogP contribution < -0.4 is 14.4 Å². The van der Waals surface area contributed by atoms with Gasteiger partial charge < -0.3 is 4.74 Å². The van der Waals surface area contributed by atoms with Crippen LogP contribution in [0.15, 0.2) is 82.0 Å². The molecule has 5 rings (SSSR count). The van der Waals surface area contributed by atoms with Crippen molar-refractivity contribution in [2.24, 2.45) is 0 Å². The number of benzene rings is 3. The first-order chi connectivity index (χ1) is 19.0. The number of thioether (sulfide) groups is 1. The van der Waals surface area contributed by atoms with E-state index >= 15 is 0 Å². The van der Waals surface area contributed by atoms with Crippen LogP contribution in [0, 0.1) is 6.92 Å². The normalized spacial score (nSPS) is 15.3. The molecule has 1 aromatic heterocycles. The first-order valence-corrected chi connectivity index (χ1v) is 16.0. The number of ether oxygens (including phenoxy) is 1. The summed E-state index contributed by atoms with van der Waals surface area (Å²) in [5, 5.41) is 11.4. The Hall–Kier alpha value is -3.41. The van der Waals surface area contributed by atoms with Gasteiger partial charge in [-0.15, -0.1) is 10.2 Å². The van der Waals surface area contributed by atoms with Crippen molar-refractivity contribution < 1.29 is 17.9 Å². The summed E-state index contributed by atoms with van der Waals surface area (Å²) >= 11 is 2.79. The predicted molar refractivity (Wildman–Crippen MR) is 160 cm³/mol. The summed E-state index contributed by atoms with van der Waals surface area (Å²) in [6, 6.07) is 22.1. The van der Waals surface area contributed by atoms with Crippen LogP contribution in [-0.2, 0) is 26.0 Å². The van der Waals surface area contributed by atoms with Gasteiger partial charge in [0.2, 0.25) is 5.13 Å². The van der Waals surface area contributed by atoms with Crippen molar-refractivity contribution in [3.8, 4) is 5.75 Å². The average Bonchev–Trinajstić information content (AvgIpc) is 3.38. The Morgan fingerprint density at radius 1 is 1.07 bits per heavy atom. The highest BCUT2D eigenvalue weighted by molar-refractivity contribution is 8.00. The van der Waals surface area contributed by atoms with Gasteiger partial charge in [0.1, 0.15) is 5.75 Å². The van der Waals surface area contributed by atoms with E-state index in [1.807, 2.05) is 49.4 Å². The van der Waals surface area contributed by atoms with E-state index in [-0.39, 0.29) is 16.9 Å². The zero-order chi connectivity index (χ0) is 28.5. The maximum atomic E-state index is 13.9. The maximum absolute atomic E-state index is 13.9. The number of nitrogens with one attached hydrogen (secondary N) is 1. The number of nitrogens with zero attached hydrogens (tertiary/aromatic N) is 3. The van der Waals surface area contributed by atoms with Crippen molar-refractivity contribution in [1.29, 1.82) is 0 Å². The number of carbonyl (C=O) groups is 1. The third-order valence-corrected chi connectivity index (χ3v) is 10.3. The number of amides is 1. The minimum Gasteiger partial charge on any atom is -0.476 e. The smallest absolute Gasteiger partial charge is 0.269 e. The van der Waals surface area contributed by atoms with E-state index in [0.717, 1.165) is 22.4 Å². The number of aromatic nitrogens is 2. The molecule has 0 unspecified atom stereocenters. The van der Waals surface area contributed by atoms with Gasteiger partial charge in [0.25, 0.3) is 15.9 Å². The summed E-state index contributed by atoms with van der Waals surface area (Å²) in [4.78, 5) is 13.5. The highest BCUT2D eigenvalue weighted by atomic mass is 32.2. The second-order valence-electron chi connectivity index (χ2n) is 10.5. The molecule has 11 heteroatoms. The Morgan fingerprint density at radius 3 is 2.50 bits per heavy atom. The fraction of sp³-hybridized carbons (Fsp3) is 0.276. The Labute approximate surface area is 242 Å². The summed E-state index contributed by atoms with van der Waals surface area (Å²) in [5.74, 6) is 0.561. The lowest BCUT2D eigenvalue weighted by atomic mass is 9.86. The number of aryl methyl sites for hydroxylation is 1. The zero-order valence-electron chi connectivity index (χ0n) is 22.6. The molecule has 1 atom stereocenters. The Bertz CT molecular complexity index is 1620. The molecule has 0 spiro atoms. The van der Waals surface area contributed by atoms with Crippen LogP contribution in [0.5, 0.6) is 5.75 Å². The lowest BCUT2D eigenvalue weighted by molar-refractivity contribution is -0.122. The van der Waals surface area contributed by atoms with Gasteiger partial charge in [-0.3, -0.25) is 14.4 Å². The second kappa shape index (κ2) is 11.2. The molecule has 0 bridgehead atoms. The molecule has 1 aliphatic heterocycles. The van der Waals surface area contributed by atoms with Crippen molar-refractivity contribution in [3.63, 3.8) is 0 Å². The van der Waals surface area contributed by atoms with E-state index in [1.54, 1.807) is 30.3 Å². The highest BCUT2D eigenvalue weighted by Crippen LogP contribution is 2.40. The van der Waals surface area contributed by atoms with Gasteiger partial charge in [-0.05, 0) is 47.7 Å². The minimum atomic E-state index is -3.98. The lowest BCUT2D eigenvalue weighted by Crippen LogP contribution is -2.49. The van der Waals surface area contributed by atoms with Crippen molar-refractivity contribution in [1.82, 2.24) is 10.2 Å². The summed E-state index contributed by atoms with van der Waals surface area (Å²) in [6.07, 6.45) is -1.09. The monoisotopic (exact) mass is 594 g/mol. The number of anilines is 2. The van der Waals surface area contributed by atoms with E-state index in [9.17, 15) is 13.2 Å². The van der Waals surface area contributed by atoms with Crippen LogP contribution in [-0.4, -0.2) is 37.2 Å². The molecule has 0 fully saturated rings. The SMILES string of the molecule is Cc1ccc(S(=O)(=O)N2C[C@H](C(=O)Nc3nnc(SCc4ccccc4)s3)Oc3ccc(C(C)(C)C)cc32)cc1. The van der Waals surface area contributed by atoms with Crippen LogP contribution in [0.1, 0.15) is 37.5 Å². The molecule has 8 nitrogen and oxygen atoms in total. The van der Waals surface area contributed by atoms with Gasteiger partial charge in [-0.1, -0.05) is 98.0 Å². The third-order valence-electron chi connectivity index (χ3n) is 6.44. The van der Waals surface area contributed by atoms with Crippen LogP contribution in [0.4, 0.5) is 10.8 Å². The quantitative estimate of drug-likeness (QED) is 0.206. The predicted octanol–water partition coefficient (Wildman–Crippen LogP) is 6.03. The van der Waals surface area contributed by atoms with E-state index in [0.29, 0.717) is 20.9 Å². The highest BCUT2D eigenvalue weighted by Gasteiger charge is 2.38. The van der Waals surface area contributed by atoms with Crippen LogP contribution in [0.2, 0.25) is 0 Å². The molecule has 0 aliphatic carbocycles. The molecular weight excluding hydrogens is 565 g/mol. The molecule has 0 radical (unpaired) electrons. The molecule has 4 aromatic rings. The fourth-order valence-electron chi connectivity index (χ4n) is 4.14. The number of sulfonamides is 1. The maximum Gasteiger partial charge on any atom is 0.269 e. The molecule has 1 aliphatic rings. The van der Waals surface area contributed by atoms with Gasteiger partial charge in [0.15, 0.2) is 10.4 Å². The molecule has 0 saturated heterocycles. The summed E-state index contributed by atoms with van der Waals surface area (Å²) < 4.78 is 35.8. The molecule has 2 heterocycles. The van der Waals surface area contributed by atoms with Gasteiger partial charge in [-0.25, -0.2) is 8.42 Å². The number of hydrogen-bond acceptors (Lipinski definition) is 8. The Kier molecular flexibility index (Phi) is 7.89. The lowest BCUT2D eigenvalue weighted by Gasteiger charge is -2.35. The van der Waals surface area contributed by atoms with Crippen LogP contribution in [0.25, 0.3) is 0 Å². The number of hydrogen-bond donors (Lipinski definition) is 1.